The van der Waals surface area contributed by atoms with Gasteiger partial charge in [0.25, 0.3) is 0 Å². The lowest BCUT2D eigenvalue weighted by Gasteiger charge is -2.27. The number of nitrogens with one attached hydrogen (secondary N) is 4. The largest absolute Gasteiger partial charge is 0.508 e. The average Bonchev–Trinajstić information content (AvgIpc) is 3.00. The number of rotatable bonds is 7. The Hall–Kier alpha value is -4.91. The molecule has 46 heavy (non-hydrogen) atoms. The zero-order valence-electron chi connectivity index (χ0n) is 26.1. The summed E-state index contributed by atoms with van der Waals surface area (Å²) in [5.41, 5.74) is 12.9. The molecule has 3 rings (SSSR count). The smallest absolute Gasteiger partial charge is 0.243 e. The van der Waals surface area contributed by atoms with Gasteiger partial charge in [-0.25, -0.2) is 0 Å². The highest BCUT2D eigenvalue weighted by molar-refractivity contribution is 5.96. The summed E-state index contributed by atoms with van der Waals surface area (Å²) >= 11 is 0. The molecule has 0 bridgehead atoms. The van der Waals surface area contributed by atoms with Gasteiger partial charge in [-0.1, -0.05) is 50.3 Å². The van der Waals surface area contributed by atoms with Crippen LogP contribution >= 0.6 is 0 Å². The van der Waals surface area contributed by atoms with E-state index in [1.807, 2.05) is 13.8 Å². The number of nitrogens with two attached hydrogens (primary N) is 2. The quantitative estimate of drug-likeness (QED) is 0.198. The maximum atomic E-state index is 13.9. The van der Waals surface area contributed by atoms with Crippen molar-refractivity contribution in [3.05, 3.63) is 71.8 Å². The highest BCUT2D eigenvalue weighted by Crippen LogP contribution is 2.15. The Morgan fingerprint density at radius 3 is 1.67 bits per heavy atom. The summed E-state index contributed by atoms with van der Waals surface area (Å²) < 4.78 is 0. The molecule has 2 aromatic carbocycles. The minimum atomic E-state index is -1.21. The molecule has 0 saturated carbocycles. The highest BCUT2D eigenvalue weighted by atomic mass is 16.3. The van der Waals surface area contributed by atoms with E-state index >= 15 is 0 Å². The molecule has 1 heterocycles. The second kappa shape index (κ2) is 17.0. The maximum absolute atomic E-state index is 13.9. The topological polar surface area (TPSA) is 226 Å². The fourth-order valence-corrected chi connectivity index (χ4v) is 4.96. The van der Waals surface area contributed by atoms with Crippen LogP contribution in [0.5, 0.6) is 11.5 Å². The number of phenolic OH excluding ortho intramolecular Hbond substituents is 2. The van der Waals surface area contributed by atoms with E-state index in [2.05, 4.69) is 21.3 Å². The minimum Gasteiger partial charge on any atom is -0.508 e. The fourth-order valence-electron chi connectivity index (χ4n) is 4.96. The number of hydrogen-bond acceptors (Lipinski definition) is 8. The summed E-state index contributed by atoms with van der Waals surface area (Å²) in [7, 11) is 0. The van der Waals surface area contributed by atoms with Crippen LogP contribution in [0.15, 0.2) is 60.7 Å². The van der Waals surface area contributed by atoms with Gasteiger partial charge in [-0.3, -0.25) is 24.0 Å². The van der Waals surface area contributed by atoms with Crippen molar-refractivity contribution in [2.24, 2.45) is 17.4 Å². The van der Waals surface area contributed by atoms with Gasteiger partial charge >= 0.3 is 0 Å². The standard InChI is InChI=1S/C33H44N6O7/c1-19(2)16-26-31(44)38-28(18-21-10-14-23(41)15-11-21)33(46)39-27(17-20-8-12-22(40)13-9-20)32(45)36-25(29(35)42)7-5-3-4-6-24(34)30(43)37-26/h3,5,8-15,19,24-28,40-41H,4,6-7,16-18,34H2,1-2H3,(H2,35,42)(H,36,45)(H,37,43)(H,38,44)(H,39,46)/b5-3-. The fraction of sp³-hybridized carbons (Fsp3) is 0.424. The third-order valence-corrected chi connectivity index (χ3v) is 7.54. The Morgan fingerprint density at radius 1 is 0.739 bits per heavy atom. The van der Waals surface area contributed by atoms with E-state index in [1.165, 1.54) is 24.3 Å². The molecule has 1 aliphatic heterocycles. The van der Waals surface area contributed by atoms with Gasteiger partial charge in [-0.05, 0) is 67.0 Å². The number of amides is 5. The normalized spacial score (nSPS) is 24.5. The SMILES string of the molecule is CC(C)CC1NC(=O)C(N)CC/C=C\CC(C(N)=O)NC(=O)C(Cc2ccc(O)cc2)NC(=O)C(Cc2ccc(O)cc2)NC1=O. The Kier molecular flexibility index (Phi) is 13.1. The molecule has 10 N–H and O–H groups in total. The Balaban J connectivity index is 2.02. The first-order chi connectivity index (χ1) is 21.8. The number of phenols is 2. The van der Waals surface area contributed by atoms with Crippen molar-refractivity contribution in [1.82, 2.24) is 21.3 Å². The van der Waals surface area contributed by atoms with Crippen molar-refractivity contribution < 1.29 is 34.2 Å². The summed E-state index contributed by atoms with van der Waals surface area (Å²) in [6.45, 7) is 3.78. The number of aromatic hydroxyl groups is 2. The van der Waals surface area contributed by atoms with Crippen molar-refractivity contribution in [2.45, 2.75) is 82.6 Å². The van der Waals surface area contributed by atoms with Crippen molar-refractivity contribution >= 4 is 29.5 Å². The second-order valence-corrected chi connectivity index (χ2v) is 11.9. The van der Waals surface area contributed by atoms with Crippen LogP contribution in [0.4, 0.5) is 0 Å². The van der Waals surface area contributed by atoms with Crippen LogP contribution in [-0.4, -0.2) is 70.0 Å². The van der Waals surface area contributed by atoms with Gasteiger partial charge in [0.15, 0.2) is 0 Å². The predicted molar refractivity (Wildman–Crippen MR) is 171 cm³/mol. The summed E-state index contributed by atoms with van der Waals surface area (Å²) in [5.74, 6) is -3.26. The molecule has 5 unspecified atom stereocenters. The van der Waals surface area contributed by atoms with E-state index in [4.69, 9.17) is 11.5 Å². The first kappa shape index (κ1) is 35.6. The molecule has 13 nitrogen and oxygen atoms in total. The predicted octanol–water partition coefficient (Wildman–Crippen LogP) is 0.421. The van der Waals surface area contributed by atoms with E-state index in [0.29, 0.717) is 17.5 Å². The van der Waals surface area contributed by atoms with Crippen molar-refractivity contribution in [3.8, 4) is 11.5 Å². The van der Waals surface area contributed by atoms with Gasteiger partial charge in [0.05, 0.1) is 6.04 Å². The molecule has 0 radical (unpaired) electrons. The van der Waals surface area contributed by atoms with E-state index in [0.717, 1.165) is 0 Å². The van der Waals surface area contributed by atoms with E-state index in [1.54, 1.807) is 36.4 Å². The van der Waals surface area contributed by atoms with Crippen LogP contribution < -0.4 is 32.7 Å². The number of benzene rings is 2. The molecule has 13 heteroatoms. The van der Waals surface area contributed by atoms with Gasteiger partial charge in [-0.15, -0.1) is 0 Å². The van der Waals surface area contributed by atoms with Gasteiger partial charge in [0.1, 0.15) is 35.7 Å². The molecule has 0 fully saturated rings. The van der Waals surface area contributed by atoms with Crippen LogP contribution in [0.25, 0.3) is 0 Å². The molecule has 1 aliphatic rings. The van der Waals surface area contributed by atoms with Crippen LogP contribution in [0.1, 0.15) is 50.7 Å². The third-order valence-electron chi connectivity index (χ3n) is 7.54. The van der Waals surface area contributed by atoms with Crippen molar-refractivity contribution in [1.29, 1.82) is 0 Å². The maximum Gasteiger partial charge on any atom is 0.243 e. The highest BCUT2D eigenvalue weighted by Gasteiger charge is 2.32. The number of allylic oxidation sites excluding steroid dienone is 1. The summed E-state index contributed by atoms with van der Waals surface area (Å²) in [5, 5.41) is 30.3. The first-order valence-corrected chi connectivity index (χ1v) is 15.3. The molecule has 0 aromatic heterocycles. The third kappa shape index (κ3) is 11.2. The summed E-state index contributed by atoms with van der Waals surface area (Å²) in [4.78, 5) is 66.3. The van der Waals surface area contributed by atoms with E-state index < -0.39 is 59.7 Å². The minimum absolute atomic E-state index is 0.00836. The molecule has 0 aliphatic carbocycles. The van der Waals surface area contributed by atoms with Crippen LogP contribution in [0, 0.1) is 5.92 Å². The Labute approximate surface area is 268 Å². The van der Waals surface area contributed by atoms with Gasteiger partial charge in [0, 0.05) is 12.8 Å². The van der Waals surface area contributed by atoms with E-state index in [-0.39, 0.29) is 49.5 Å². The lowest BCUT2D eigenvalue weighted by molar-refractivity contribution is -0.134. The number of hydrogen-bond donors (Lipinski definition) is 8. The molecular formula is C33H44N6O7. The lowest BCUT2D eigenvalue weighted by Crippen LogP contribution is -2.59. The average molecular weight is 637 g/mol. The summed E-state index contributed by atoms with van der Waals surface area (Å²) in [6, 6.07) is 6.72. The number of primary amides is 1. The van der Waals surface area contributed by atoms with Crippen LogP contribution in [0.3, 0.4) is 0 Å². The van der Waals surface area contributed by atoms with Crippen LogP contribution in [-0.2, 0) is 36.8 Å². The van der Waals surface area contributed by atoms with Crippen molar-refractivity contribution in [3.63, 3.8) is 0 Å². The lowest BCUT2D eigenvalue weighted by atomic mass is 9.99. The molecule has 2 aromatic rings. The van der Waals surface area contributed by atoms with Gasteiger partial charge in [0.2, 0.25) is 29.5 Å². The van der Waals surface area contributed by atoms with E-state index in [9.17, 15) is 34.2 Å². The monoisotopic (exact) mass is 636 g/mol. The molecule has 5 amide bonds. The van der Waals surface area contributed by atoms with Gasteiger partial charge < -0.3 is 42.9 Å². The zero-order chi connectivity index (χ0) is 33.8. The zero-order valence-corrected chi connectivity index (χ0v) is 26.1. The molecule has 0 spiro atoms. The van der Waals surface area contributed by atoms with Crippen molar-refractivity contribution in [2.75, 3.05) is 0 Å². The first-order valence-electron chi connectivity index (χ1n) is 15.3. The summed E-state index contributed by atoms with van der Waals surface area (Å²) in [6.07, 6.45) is 4.34. The van der Waals surface area contributed by atoms with Gasteiger partial charge in [-0.2, -0.15) is 0 Å². The van der Waals surface area contributed by atoms with Crippen LogP contribution in [0.2, 0.25) is 0 Å². The Morgan fingerprint density at radius 2 is 1.20 bits per heavy atom. The molecule has 0 saturated heterocycles. The molecular weight excluding hydrogens is 592 g/mol. The second-order valence-electron chi connectivity index (χ2n) is 11.9. The molecule has 5 atom stereocenters. The number of carbonyl (C=O) groups excluding carboxylic acids is 5. The Bertz CT molecular complexity index is 1390. The number of carbonyl (C=O) groups is 5. The molecule has 248 valence electrons.